The minimum atomic E-state index is -0.380. The molecule has 0 bridgehead atoms. The zero-order valence-corrected chi connectivity index (χ0v) is 12.0. The van der Waals surface area contributed by atoms with Crippen LogP contribution >= 0.6 is 15.9 Å². The van der Waals surface area contributed by atoms with Crippen LogP contribution in [0.25, 0.3) is 0 Å². The maximum atomic E-state index is 11.8. The molecule has 0 unspecified atom stereocenters. The number of benzene rings is 2. The van der Waals surface area contributed by atoms with Gasteiger partial charge in [-0.2, -0.15) is 5.10 Å². The van der Waals surface area contributed by atoms with Gasteiger partial charge in [-0.05, 0) is 28.1 Å². The molecule has 0 aliphatic rings. The van der Waals surface area contributed by atoms with Crippen molar-refractivity contribution < 1.29 is 9.59 Å². The summed E-state index contributed by atoms with van der Waals surface area (Å²) in [7, 11) is 0. The number of ketones is 1. The number of nitrogens with one attached hydrogen (secondary N) is 1. The van der Waals surface area contributed by atoms with E-state index in [-0.39, 0.29) is 11.7 Å². The maximum Gasteiger partial charge on any atom is 0.272 e. The third-order valence-electron chi connectivity index (χ3n) is 2.52. The van der Waals surface area contributed by atoms with Gasteiger partial charge in [0.2, 0.25) is 5.78 Å². The summed E-state index contributed by atoms with van der Waals surface area (Å²) in [6.45, 7) is 0. The SMILES string of the molecule is O=C(/C=N/NC(=O)c1ccccc1Br)c1ccccc1. The first-order valence-corrected chi connectivity index (χ1v) is 6.65. The van der Waals surface area contributed by atoms with Gasteiger partial charge in [-0.25, -0.2) is 5.43 Å². The second kappa shape index (κ2) is 6.77. The van der Waals surface area contributed by atoms with Crippen LogP contribution in [0.1, 0.15) is 20.7 Å². The van der Waals surface area contributed by atoms with Crippen LogP contribution in [-0.2, 0) is 0 Å². The lowest BCUT2D eigenvalue weighted by Gasteiger charge is -2.01. The van der Waals surface area contributed by atoms with E-state index in [4.69, 9.17) is 0 Å². The molecule has 4 nitrogen and oxygen atoms in total. The van der Waals surface area contributed by atoms with Crippen LogP contribution in [-0.4, -0.2) is 17.9 Å². The van der Waals surface area contributed by atoms with Gasteiger partial charge in [0, 0.05) is 10.0 Å². The third kappa shape index (κ3) is 3.61. The Balaban J connectivity index is 1.99. The molecule has 0 spiro atoms. The van der Waals surface area contributed by atoms with Crippen LogP contribution < -0.4 is 5.43 Å². The van der Waals surface area contributed by atoms with Crippen molar-refractivity contribution in [1.82, 2.24) is 5.43 Å². The smallest absolute Gasteiger partial charge is 0.272 e. The Kier molecular flexibility index (Phi) is 4.79. The molecule has 0 fully saturated rings. The van der Waals surface area contributed by atoms with E-state index in [1.165, 1.54) is 0 Å². The Morgan fingerprint density at radius 2 is 1.65 bits per heavy atom. The molecule has 20 heavy (non-hydrogen) atoms. The van der Waals surface area contributed by atoms with E-state index in [1.807, 2.05) is 12.1 Å². The number of hydrogen-bond donors (Lipinski definition) is 1. The Morgan fingerprint density at radius 1 is 1.00 bits per heavy atom. The van der Waals surface area contributed by atoms with Gasteiger partial charge in [-0.15, -0.1) is 0 Å². The normalized spacial score (nSPS) is 10.4. The summed E-state index contributed by atoms with van der Waals surface area (Å²) in [5.41, 5.74) is 3.30. The van der Waals surface area contributed by atoms with Crippen molar-refractivity contribution in [2.24, 2.45) is 5.10 Å². The highest BCUT2D eigenvalue weighted by atomic mass is 79.9. The van der Waals surface area contributed by atoms with E-state index in [0.29, 0.717) is 15.6 Å². The topological polar surface area (TPSA) is 58.5 Å². The van der Waals surface area contributed by atoms with Crippen LogP contribution in [0.5, 0.6) is 0 Å². The fraction of sp³-hybridized carbons (Fsp3) is 0. The number of Topliss-reactive ketones (excluding diaryl/α,β-unsaturated/α-hetero) is 1. The monoisotopic (exact) mass is 330 g/mol. The molecule has 0 aromatic heterocycles. The molecule has 0 atom stereocenters. The Morgan fingerprint density at radius 3 is 2.35 bits per heavy atom. The van der Waals surface area contributed by atoms with Crippen molar-refractivity contribution in [3.8, 4) is 0 Å². The van der Waals surface area contributed by atoms with Crippen molar-refractivity contribution >= 4 is 33.8 Å². The number of carbonyl (C=O) groups excluding carboxylic acids is 2. The average Bonchev–Trinajstić information content (AvgIpc) is 2.48. The van der Waals surface area contributed by atoms with Crippen LogP contribution in [0.15, 0.2) is 64.2 Å². The van der Waals surface area contributed by atoms with Gasteiger partial charge >= 0.3 is 0 Å². The second-order valence-electron chi connectivity index (χ2n) is 3.91. The number of hydrogen-bond acceptors (Lipinski definition) is 3. The summed E-state index contributed by atoms with van der Waals surface area (Å²) in [6, 6.07) is 15.7. The number of carbonyl (C=O) groups is 2. The van der Waals surface area contributed by atoms with Crippen molar-refractivity contribution in [3.05, 3.63) is 70.2 Å². The van der Waals surface area contributed by atoms with Gasteiger partial charge in [0.25, 0.3) is 5.91 Å². The molecule has 100 valence electrons. The highest BCUT2D eigenvalue weighted by Gasteiger charge is 2.08. The summed E-state index contributed by atoms with van der Waals surface area (Å²) in [4.78, 5) is 23.5. The number of amides is 1. The molecule has 0 heterocycles. The summed E-state index contributed by atoms with van der Waals surface area (Å²) in [5.74, 6) is -0.646. The molecule has 5 heteroatoms. The molecule has 1 amide bonds. The molecule has 1 N–H and O–H groups in total. The molecular weight excluding hydrogens is 320 g/mol. The highest BCUT2D eigenvalue weighted by molar-refractivity contribution is 9.10. The van der Waals surface area contributed by atoms with E-state index in [2.05, 4.69) is 26.5 Å². The van der Waals surface area contributed by atoms with Gasteiger partial charge in [-0.1, -0.05) is 42.5 Å². The van der Waals surface area contributed by atoms with Crippen LogP contribution in [0.3, 0.4) is 0 Å². The first kappa shape index (κ1) is 14.1. The quantitative estimate of drug-likeness (QED) is 0.532. The standard InChI is InChI=1S/C15H11BrN2O2/c16-13-9-5-4-8-12(13)15(20)18-17-10-14(19)11-6-2-1-3-7-11/h1-10H,(H,18,20)/b17-10+. The van der Waals surface area contributed by atoms with E-state index in [0.717, 1.165) is 6.21 Å². The zero-order chi connectivity index (χ0) is 14.4. The van der Waals surface area contributed by atoms with Crippen molar-refractivity contribution in [3.63, 3.8) is 0 Å². The van der Waals surface area contributed by atoms with Gasteiger partial charge in [0.15, 0.2) is 0 Å². The minimum absolute atomic E-state index is 0.266. The van der Waals surface area contributed by atoms with Crippen LogP contribution in [0.2, 0.25) is 0 Å². The Hall–Kier alpha value is -2.27. The van der Waals surface area contributed by atoms with Crippen LogP contribution in [0, 0.1) is 0 Å². The lowest BCUT2D eigenvalue weighted by molar-refractivity contribution is 0.0954. The van der Waals surface area contributed by atoms with Gasteiger partial charge < -0.3 is 0 Å². The first-order chi connectivity index (χ1) is 9.68. The number of halogens is 1. The zero-order valence-electron chi connectivity index (χ0n) is 10.4. The third-order valence-corrected chi connectivity index (χ3v) is 3.22. The first-order valence-electron chi connectivity index (χ1n) is 5.86. The number of rotatable bonds is 4. The van der Waals surface area contributed by atoms with E-state index < -0.39 is 0 Å². The Bertz CT molecular complexity index is 654. The lowest BCUT2D eigenvalue weighted by atomic mass is 10.1. The molecule has 0 aliphatic carbocycles. The molecule has 0 saturated heterocycles. The average molecular weight is 331 g/mol. The fourth-order valence-electron chi connectivity index (χ4n) is 1.53. The van der Waals surface area contributed by atoms with Crippen molar-refractivity contribution in [2.75, 3.05) is 0 Å². The van der Waals surface area contributed by atoms with Crippen molar-refractivity contribution in [2.45, 2.75) is 0 Å². The summed E-state index contributed by atoms with van der Waals surface area (Å²) in [5, 5.41) is 3.67. The van der Waals surface area contributed by atoms with Crippen molar-refractivity contribution in [1.29, 1.82) is 0 Å². The lowest BCUT2D eigenvalue weighted by Crippen LogP contribution is -2.19. The second-order valence-corrected chi connectivity index (χ2v) is 4.76. The minimum Gasteiger partial charge on any atom is -0.287 e. The number of hydrazone groups is 1. The molecule has 2 rings (SSSR count). The van der Waals surface area contributed by atoms with Gasteiger partial charge in [0.1, 0.15) is 0 Å². The Labute approximate surface area is 124 Å². The fourth-order valence-corrected chi connectivity index (χ4v) is 2.00. The van der Waals surface area contributed by atoms with E-state index in [9.17, 15) is 9.59 Å². The predicted molar refractivity (Wildman–Crippen MR) is 80.9 cm³/mol. The summed E-state index contributed by atoms with van der Waals surface area (Å²) < 4.78 is 0.669. The molecule has 2 aromatic carbocycles. The maximum absolute atomic E-state index is 11.8. The largest absolute Gasteiger partial charge is 0.287 e. The van der Waals surface area contributed by atoms with Crippen LogP contribution in [0.4, 0.5) is 0 Å². The molecule has 0 radical (unpaired) electrons. The number of nitrogens with zero attached hydrogens (tertiary/aromatic N) is 1. The van der Waals surface area contributed by atoms with Gasteiger partial charge in [-0.3, -0.25) is 9.59 Å². The molecule has 2 aromatic rings. The molecule has 0 aliphatic heterocycles. The highest BCUT2D eigenvalue weighted by Crippen LogP contribution is 2.15. The van der Waals surface area contributed by atoms with E-state index >= 15 is 0 Å². The summed E-state index contributed by atoms with van der Waals surface area (Å²) in [6.07, 6.45) is 1.09. The van der Waals surface area contributed by atoms with Gasteiger partial charge in [0.05, 0.1) is 11.8 Å². The molecular formula is C15H11BrN2O2. The molecule has 0 saturated carbocycles. The van der Waals surface area contributed by atoms with E-state index in [1.54, 1.807) is 42.5 Å². The predicted octanol–water partition coefficient (Wildman–Crippen LogP) is 3.05. The summed E-state index contributed by atoms with van der Waals surface area (Å²) >= 11 is 3.27.